The number of alkyl halides is 3. The Labute approximate surface area is 113 Å². The van der Waals surface area contributed by atoms with E-state index in [-0.39, 0.29) is 5.69 Å². The van der Waals surface area contributed by atoms with Gasteiger partial charge in [-0.15, -0.1) is 0 Å². The first-order valence-electron chi connectivity index (χ1n) is 5.95. The summed E-state index contributed by atoms with van der Waals surface area (Å²) in [5, 5.41) is 0. The highest BCUT2D eigenvalue weighted by atomic mass is 19.4. The van der Waals surface area contributed by atoms with Gasteiger partial charge in [0.1, 0.15) is 5.69 Å². The van der Waals surface area contributed by atoms with Crippen LogP contribution in [0.4, 0.5) is 13.2 Å². The summed E-state index contributed by atoms with van der Waals surface area (Å²) in [5.41, 5.74) is -0.832. The second-order valence-corrected chi connectivity index (χ2v) is 4.11. The van der Waals surface area contributed by atoms with Crippen molar-refractivity contribution in [1.29, 1.82) is 0 Å². The molecule has 0 bridgehead atoms. The molecule has 2 aromatic heterocycles. The van der Waals surface area contributed by atoms with Crippen LogP contribution in [0.3, 0.4) is 0 Å². The number of ketones is 1. The number of hydrogen-bond donors (Lipinski definition) is 0. The molecule has 104 valence electrons. The second-order valence-electron chi connectivity index (χ2n) is 4.11. The molecular formula is C14H11F3N2O. The third-order valence-corrected chi connectivity index (χ3v) is 2.86. The first kappa shape index (κ1) is 14.2. The highest BCUT2D eigenvalue weighted by molar-refractivity contribution is 6.09. The van der Waals surface area contributed by atoms with E-state index in [0.29, 0.717) is 12.0 Å². The number of aryl methyl sites for hydroxylation is 1. The molecule has 0 spiro atoms. The predicted molar refractivity (Wildman–Crippen MR) is 66.3 cm³/mol. The number of carbonyl (C=O) groups is 1. The van der Waals surface area contributed by atoms with Crippen LogP contribution < -0.4 is 0 Å². The number of nitrogens with zero attached hydrogens (tertiary/aromatic N) is 2. The Morgan fingerprint density at radius 3 is 2.65 bits per heavy atom. The highest BCUT2D eigenvalue weighted by Crippen LogP contribution is 2.32. The van der Waals surface area contributed by atoms with Crippen molar-refractivity contribution in [3.05, 3.63) is 59.2 Å². The quantitative estimate of drug-likeness (QED) is 0.810. The van der Waals surface area contributed by atoms with Gasteiger partial charge in [-0.05, 0) is 24.1 Å². The largest absolute Gasteiger partial charge is 0.417 e. The smallest absolute Gasteiger partial charge is 0.287 e. The van der Waals surface area contributed by atoms with Gasteiger partial charge in [-0.2, -0.15) is 13.2 Å². The van der Waals surface area contributed by atoms with E-state index in [4.69, 9.17) is 0 Å². The van der Waals surface area contributed by atoms with E-state index in [1.807, 2.05) is 6.92 Å². The van der Waals surface area contributed by atoms with Gasteiger partial charge in [0.05, 0.1) is 11.1 Å². The van der Waals surface area contributed by atoms with Gasteiger partial charge in [-0.25, -0.2) is 0 Å². The minimum Gasteiger partial charge on any atom is -0.287 e. The summed E-state index contributed by atoms with van der Waals surface area (Å²) in [6.07, 6.45) is -0.764. The Balaban J connectivity index is 2.55. The molecule has 2 aromatic rings. The molecule has 0 saturated carbocycles. The molecule has 2 rings (SSSR count). The molecule has 2 heterocycles. The third kappa shape index (κ3) is 2.68. The monoisotopic (exact) mass is 280 g/mol. The maximum absolute atomic E-state index is 12.9. The van der Waals surface area contributed by atoms with Crippen molar-refractivity contribution in [3.63, 3.8) is 0 Å². The Morgan fingerprint density at radius 2 is 2.00 bits per heavy atom. The first-order valence-corrected chi connectivity index (χ1v) is 5.95. The average Bonchev–Trinajstić information content (AvgIpc) is 2.45. The number of halogens is 3. The van der Waals surface area contributed by atoms with Gasteiger partial charge in [-0.3, -0.25) is 14.8 Å². The molecule has 0 fully saturated rings. The first-order chi connectivity index (χ1) is 9.45. The normalized spacial score (nSPS) is 11.4. The van der Waals surface area contributed by atoms with Gasteiger partial charge >= 0.3 is 6.18 Å². The van der Waals surface area contributed by atoms with Gasteiger partial charge in [0.2, 0.25) is 5.78 Å². The summed E-state index contributed by atoms with van der Waals surface area (Å²) < 4.78 is 38.7. The van der Waals surface area contributed by atoms with Crippen LogP contribution in [0.5, 0.6) is 0 Å². The van der Waals surface area contributed by atoms with Crippen molar-refractivity contribution in [1.82, 2.24) is 9.97 Å². The van der Waals surface area contributed by atoms with E-state index in [1.54, 1.807) is 12.1 Å². The summed E-state index contributed by atoms with van der Waals surface area (Å²) >= 11 is 0. The number of aromatic nitrogens is 2. The van der Waals surface area contributed by atoms with E-state index < -0.39 is 23.1 Å². The van der Waals surface area contributed by atoms with Crippen LogP contribution in [0.25, 0.3) is 0 Å². The Bertz CT molecular complexity index is 638. The van der Waals surface area contributed by atoms with E-state index in [9.17, 15) is 18.0 Å². The van der Waals surface area contributed by atoms with Crippen LogP contribution in [0.1, 0.15) is 34.1 Å². The van der Waals surface area contributed by atoms with Gasteiger partial charge in [0.25, 0.3) is 0 Å². The molecule has 0 atom stereocenters. The molecule has 0 saturated heterocycles. The minimum absolute atomic E-state index is 0.0356. The fourth-order valence-corrected chi connectivity index (χ4v) is 1.88. The SMILES string of the molecule is CCc1cccnc1C(=O)c1cnccc1C(F)(F)F. The van der Waals surface area contributed by atoms with Crippen LogP contribution in [0.2, 0.25) is 0 Å². The minimum atomic E-state index is -4.60. The maximum atomic E-state index is 12.9. The van der Waals surface area contributed by atoms with Gasteiger partial charge in [0.15, 0.2) is 0 Å². The van der Waals surface area contributed by atoms with Crippen LogP contribution >= 0.6 is 0 Å². The summed E-state index contributed by atoms with van der Waals surface area (Å²) in [7, 11) is 0. The average molecular weight is 280 g/mol. The molecule has 0 unspecified atom stereocenters. The van der Waals surface area contributed by atoms with Crippen molar-refractivity contribution in [2.24, 2.45) is 0 Å². The molecule has 0 N–H and O–H groups in total. The lowest BCUT2D eigenvalue weighted by Crippen LogP contribution is -2.16. The Kier molecular flexibility index (Phi) is 3.83. The molecule has 0 aliphatic heterocycles. The molecule has 0 aromatic carbocycles. The third-order valence-electron chi connectivity index (χ3n) is 2.86. The van der Waals surface area contributed by atoms with Gasteiger partial charge < -0.3 is 0 Å². The molecule has 20 heavy (non-hydrogen) atoms. The molecule has 0 amide bonds. The zero-order chi connectivity index (χ0) is 14.8. The standard InChI is InChI=1S/C14H11F3N2O/c1-2-9-4-3-6-19-12(9)13(20)10-8-18-7-5-11(10)14(15,16)17/h3-8H,2H2,1H3. The molecule has 0 aliphatic rings. The maximum Gasteiger partial charge on any atom is 0.417 e. The van der Waals surface area contributed by atoms with Crippen molar-refractivity contribution < 1.29 is 18.0 Å². The fourth-order valence-electron chi connectivity index (χ4n) is 1.88. The van der Waals surface area contributed by atoms with Crippen LogP contribution in [0, 0.1) is 0 Å². The van der Waals surface area contributed by atoms with Crippen LogP contribution in [-0.2, 0) is 12.6 Å². The second kappa shape index (κ2) is 5.40. The fraction of sp³-hybridized carbons (Fsp3) is 0.214. The lowest BCUT2D eigenvalue weighted by Gasteiger charge is -2.12. The molecule has 0 radical (unpaired) electrons. The Morgan fingerprint density at radius 1 is 1.25 bits per heavy atom. The topological polar surface area (TPSA) is 42.9 Å². The lowest BCUT2D eigenvalue weighted by molar-refractivity contribution is -0.137. The lowest BCUT2D eigenvalue weighted by atomic mass is 9.99. The van der Waals surface area contributed by atoms with Crippen LogP contribution in [-0.4, -0.2) is 15.8 Å². The van der Waals surface area contributed by atoms with Crippen LogP contribution in [0.15, 0.2) is 36.8 Å². The number of carbonyl (C=O) groups excluding carboxylic acids is 1. The number of hydrogen-bond acceptors (Lipinski definition) is 3. The van der Waals surface area contributed by atoms with E-state index in [0.717, 1.165) is 18.5 Å². The Hall–Kier alpha value is -2.24. The van der Waals surface area contributed by atoms with Gasteiger partial charge in [0, 0.05) is 18.6 Å². The van der Waals surface area contributed by atoms with Crippen molar-refractivity contribution >= 4 is 5.78 Å². The van der Waals surface area contributed by atoms with Crippen molar-refractivity contribution in [2.75, 3.05) is 0 Å². The van der Waals surface area contributed by atoms with E-state index >= 15 is 0 Å². The van der Waals surface area contributed by atoms with Gasteiger partial charge in [-0.1, -0.05) is 13.0 Å². The molecule has 0 aliphatic carbocycles. The summed E-state index contributed by atoms with van der Waals surface area (Å²) in [4.78, 5) is 19.8. The molecule has 3 nitrogen and oxygen atoms in total. The zero-order valence-electron chi connectivity index (χ0n) is 10.6. The number of rotatable bonds is 3. The highest BCUT2D eigenvalue weighted by Gasteiger charge is 2.35. The molecular weight excluding hydrogens is 269 g/mol. The summed E-state index contributed by atoms with van der Waals surface area (Å²) in [6, 6.07) is 4.11. The van der Waals surface area contributed by atoms with E-state index in [1.165, 1.54) is 6.20 Å². The van der Waals surface area contributed by atoms with Crippen molar-refractivity contribution in [3.8, 4) is 0 Å². The van der Waals surface area contributed by atoms with E-state index in [2.05, 4.69) is 9.97 Å². The summed E-state index contributed by atoms with van der Waals surface area (Å²) in [6.45, 7) is 1.81. The zero-order valence-corrected chi connectivity index (χ0v) is 10.6. The summed E-state index contributed by atoms with van der Waals surface area (Å²) in [5.74, 6) is -0.761. The van der Waals surface area contributed by atoms with Crippen molar-refractivity contribution in [2.45, 2.75) is 19.5 Å². The number of pyridine rings is 2. The predicted octanol–water partition coefficient (Wildman–Crippen LogP) is 3.29. The molecule has 6 heteroatoms.